The van der Waals surface area contributed by atoms with Gasteiger partial charge in [-0.3, -0.25) is 4.79 Å². The highest BCUT2D eigenvalue weighted by Crippen LogP contribution is 2.22. The maximum absolute atomic E-state index is 12.5. The van der Waals surface area contributed by atoms with Crippen molar-refractivity contribution in [3.63, 3.8) is 0 Å². The fourth-order valence-electron chi connectivity index (χ4n) is 3.04. The Morgan fingerprint density at radius 2 is 1.64 bits per heavy atom. The number of hydrogen-bond acceptors (Lipinski definition) is 2. The zero-order chi connectivity index (χ0) is 18.2. The maximum Gasteiger partial charge on any atom is 0.227 e. The van der Waals surface area contributed by atoms with E-state index in [1.54, 1.807) is 6.92 Å². The number of rotatable bonds is 8. The Bertz CT molecular complexity index is 649. The van der Waals surface area contributed by atoms with Gasteiger partial charge >= 0.3 is 0 Å². The van der Waals surface area contributed by atoms with E-state index in [9.17, 15) is 9.90 Å². The summed E-state index contributed by atoms with van der Waals surface area (Å²) in [4.78, 5) is 12.5. The quantitative estimate of drug-likeness (QED) is 0.763. The highest BCUT2D eigenvalue weighted by molar-refractivity contribution is 5.83. The van der Waals surface area contributed by atoms with Crippen molar-refractivity contribution in [2.45, 2.75) is 51.6 Å². The van der Waals surface area contributed by atoms with Crippen molar-refractivity contribution < 1.29 is 9.90 Å². The molecule has 2 N–H and O–H groups in total. The van der Waals surface area contributed by atoms with Gasteiger partial charge in [0.15, 0.2) is 0 Å². The average molecular weight is 339 g/mol. The Labute approximate surface area is 151 Å². The van der Waals surface area contributed by atoms with E-state index in [0.717, 1.165) is 17.5 Å². The molecule has 134 valence electrons. The first kappa shape index (κ1) is 19.2. The average Bonchev–Trinajstić information content (AvgIpc) is 2.64. The molecule has 0 bridgehead atoms. The number of aliphatic hydroxyl groups is 1. The Morgan fingerprint density at radius 3 is 2.20 bits per heavy atom. The lowest BCUT2D eigenvalue weighted by Gasteiger charge is -2.21. The minimum absolute atomic E-state index is 0.0239. The van der Waals surface area contributed by atoms with Crippen molar-refractivity contribution in [1.29, 1.82) is 0 Å². The predicted octanol–water partition coefficient (Wildman–Crippen LogP) is 4.02. The van der Waals surface area contributed by atoms with Crippen molar-refractivity contribution in [3.8, 4) is 0 Å². The summed E-state index contributed by atoms with van der Waals surface area (Å²) in [5, 5.41) is 12.8. The lowest BCUT2D eigenvalue weighted by Crippen LogP contribution is -2.32. The van der Waals surface area contributed by atoms with Gasteiger partial charge in [-0.25, -0.2) is 0 Å². The monoisotopic (exact) mass is 339 g/mol. The first-order valence-corrected chi connectivity index (χ1v) is 9.10. The number of carbonyl (C=O) groups excluding carboxylic acids is 1. The van der Waals surface area contributed by atoms with Crippen molar-refractivity contribution in [1.82, 2.24) is 5.32 Å². The molecule has 0 saturated carbocycles. The molecule has 0 spiro atoms. The minimum atomic E-state index is -0.402. The molecule has 0 aliphatic heterocycles. The first-order chi connectivity index (χ1) is 12.0. The van der Waals surface area contributed by atoms with Gasteiger partial charge in [0.25, 0.3) is 0 Å². The summed E-state index contributed by atoms with van der Waals surface area (Å²) < 4.78 is 0. The summed E-state index contributed by atoms with van der Waals surface area (Å²) in [6, 6.07) is 18.3. The Morgan fingerprint density at radius 1 is 1.00 bits per heavy atom. The molecule has 2 aromatic rings. The number of aliphatic hydroxyl groups excluding tert-OH is 1. The molecule has 3 unspecified atom stereocenters. The van der Waals surface area contributed by atoms with Crippen molar-refractivity contribution in [2.75, 3.05) is 6.54 Å². The molecule has 0 saturated heterocycles. The number of aryl methyl sites for hydroxylation is 1. The van der Waals surface area contributed by atoms with Gasteiger partial charge < -0.3 is 10.4 Å². The van der Waals surface area contributed by atoms with Gasteiger partial charge in [0.1, 0.15) is 0 Å². The lowest BCUT2D eigenvalue weighted by atomic mass is 9.92. The first-order valence-electron chi connectivity index (χ1n) is 9.10. The molecule has 1 amide bonds. The SMILES string of the molecule is CCc1ccc(C(C)C(=O)NCC(CC(C)O)c2ccccc2)cc1. The molecular weight excluding hydrogens is 310 g/mol. The van der Waals surface area contributed by atoms with Gasteiger partial charge in [0, 0.05) is 12.5 Å². The lowest BCUT2D eigenvalue weighted by molar-refractivity contribution is -0.122. The normalized spacial score (nSPS) is 14.6. The van der Waals surface area contributed by atoms with E-state index in [2.05, 4.69) is 24.4 Å². The van der Waals surface area contributed by atoms with Crippen molar-refractivity contribution in [3.05, 3.63) is 71.3 Å². The third-order valence-electron chi connectivity index (χ3n) is 4.70. The highest BCUT2D eigenvalue weighted by atomic mass is 16.3. The highest BCUT2D eigenvalue weighted by Gasteiger charge is 2.19. The van der Waals surface area contributed by atoms with Crippen LogP contribution in [0.1, 0.15) is 55.7 Å². The van der Waals surface area contributed by atoms with Crippen LogP contribution in [0.25, 0.3) is 0 Å². The van der Waals surface area contributed by atoms with Crippen molar-refractivity contribution >= 4 is 5.91 Å². The van der Waals surface area contributed by atoms with Crippen LogP contribution in [-0.4, -0.2) is 23.7 Å². The van der Waals surface area contributed by atoms with E-state index in [1.807, 2.05) is 49.4 Å². The zero-order valence-corrected chi connectivity index (χ0v) is 15.4. The van der Waals surface area contributed by atoms with Crippen LogP contribution >= 0.6 is 0 Å². The topological polar surface area (TPSA) is 49.3 Å². The molecule has 2 aromatic carbocycles. The Balaban J connectivity index is 1.99. The third kappa shape index (κ3) is 5.71. The van der Waals surface area contributed by atoms with E-state index in [4.69, 9.17) is 0 Å². The molecule has 25 heavy (non-hydrogen) atoms. The van der Waals surface area contributed by atoms with Crippen LogP contribution in [0.5, 0.6) is 0 Å². The predicted molar refractivity (Wildman–Crippen MR) is 103 cm³/mol. The zero-order valence-electron chi connectivity index (χ0n) is 15.4. The maximum atomic E-state index is 12.5. The van der Waals surface area contributed by atoms with Crippen LogP contribution in [0, 0.1) is 0 Å². The van der Waals surface area contributed by atoms with Crippen LogP contribution in [-0.2, 0) is 11.2 Å². The third-order valence-corrected chi connectivity index (χ3v) is 4.70. The van der Waals surface area contributed by atoms with Crippen LogP contribution in [0.3, 0.4) is 0 Å². The molecule has 3 nitrogen and oxygen atoms in total. The van der Waals surface area contributed by atoms with Gasteiger partial charge in [-0.1, -0.05) is 61.5 Å². The number of carbonyl (C=O) groups is 1. The Kier molecular flexibility index (Phi) is 7.20. The molecule has 0 radical (unpaired) electrons. The molecule has 0 aliphatic carbocycles. The van der Waals surface area contributed by atoms with E-state index >= 15 is 0 Å². The summed E-state index contributed by atoms with van der Waals surface area (Å²) in [6.45, 7) is 6.38. The molecule has 3 heteroatoms. The standard InChI is InChI=1S/C22H29NO2/c1-4-18-10-12-19(13-11-18)17(3)22(25)23-15-21(14-16(2)24)20-8-6-5-7-9-20/h5-13,16-17,21,24H,4,14-15H2,1-3H3,(H,23,25). The van der Waals surface area contributed by atoms with Gasteiger partial charge in [0.05, 0.1) is 12.0 Å². The van der Waals surface area contributed by atoms with Crippen molar-refractivity contribution in [2.24, 2.45) is 0 Å². The summed E-state index contributed by atoms with van der Waals surface area (Å²) >= 11 is 0. The van der Waals surface area contributed by atoms with Crippen LogP contribution in [0.4, 0.5) is 0 Å². The summed E-state index contributed by atoms with van der Waals surface area (Å²) in [6.07, 6.45) is 1.23. The second-order valence-corrected chi connectivity index (χ2v) is 6.75. The van der Waals surface area contributed by atoms with E-state index < -0.39 is 6.10 Å². The largest absolute Gasteiger partial charge is 0.393 e. The smallest absolute Gasteiger partial charge is 0.227 e. The molecule has 0 fully saturated rings. The van der Waals surface area contributed by atoms with E-state index in [1.165, 1.54) is 5.56 Å². The van der Waals surface area contributed by atoms with Gasteiger partial charge in [-0.2, -0.15) is 0 Å². The molecule has 0 aliphatic rings. The number of nitrogens with one attached hydrogen (secondary N) is 1. The summed E-state index contributed by atoms with van der Waals surface area (Å²) in [5.74, 6) is -0.0514. The minimum Gasteiger partial charge on any atom is -0.393 e. The van der Waals surface area contributed by atoms with Crippen LogP contribution < -0.4 is 5.32 Å². The molecule has 0 aromatic heterocycles. The van der Waals surface area contributed by atoms with Crippen LogP contribution in [0.15, 0.2) is 54.6 Å². The second kappa shape index (κ2) is 9.38. The van der Waals surface area contributed by atoms with E-state index in [-0.39, 0.29) is 17.7 Å². The van der Waals surface area contributed by atoms with Gasteiger partial charge in [0.2, 0.25) is 5.91 Å². The Hall–Kier alpha value is -2.13. The molecule has 0 heterocycles. The number of hydrogen-bond donors (Lipinski definition) is 2. The number of benzene rings is 2. The molecule has 2 rings (SSSR count). The molecular formula is C22H29NO2. The van der Waals surface area contributed by atoms with Crippen LogP contribution in [0.2, 0.25) is 0 Å². The number of amides is 1. The fraction of sp³-hybridized carbons (Fsp3) is 0.409. The fourth-order valence-corrected chi connectivity index (χ4v) is 3.04. The van der Waals surface area contributed by atoms with Gasteiger partial charge in [-0.15, -0.1) is 0 Å². The summed E-state index contributed by atoms with van der Waals surface area (Å²) in [5.41, 5.74) is 3.45. The molecule has 3 atom stereocenters. The van der Waals surface area contributed by atoms with Gasteiger partial charge in [-0.05, 0) is 43.4 Å². The second-order valence-electron chi connectivity index (χ2n) is 6.75. The van der Waals surface area contributed by atoms with E-state index in [0.29, 0.717) is 13.0 Å². The summed E-state index contributed by atoms with van der Waals surface area (Å²) in [7, 11) is 0.